The molecule has 102 valence electrons. The summed E-state index contributed by atoms with van der Waals surface area (Å²) in [7, 11) is 0. The van der Waals surface area contributed by atoms with Crippen molar-refractivity contribution in [1.82, 2.24) is 5.32 Å². The van der Waals surface area contributed by atoms with Crippen molar-refractivity contribution in [3.05, 3.63) is 29.8 Å². The number of aliphatic hydroxyl groups is 1. The van der Waals surface area contributed by atoms with E-state index in [0.717, 1.165) is 12.8 Å². The Labute approximate surface area is 110 Å². The van der Waals surface area contributed by atoms with Crippen molar-refractivity contribution in [2.75, 3.05) is 18.5 Å². The highest BCUT2D eigenvalue weighted by Crippen LogP contribution is 2.20. The lowest BCUT2D eigenvalue weighted by Gasteiger charge is -2.08. The Hall–Kier alpha value is -2.08. The van der Waals surface area contributed by atoms with Crippen molar-refractivity contribution in [1.29, 1.82) is 0 Å². The number of benzene rings is 1. The van der Waals surface area contributed by atoms with Crippen molar-refractivity contribution in [2.45, 2.75) is 18.9 Å². The topological polar surface area (TPSA) is 87.7 Å². The molecule has 0 spiro atoms. The summed E-state index contributed by atoms with van der Waals surface area (Å²) in [4.78, 5) is 23.1. The summed E-state index contributed by atoms with van der Waals surface area (Å²) < 4.78 is 4.67. The molecule has 2 amide bonds. The minimum absolute atomic E-state index is 0.0618. The Bertz CT molecular complexity index is 471. The fourth-order valence-electron chi connectivity index (χ4n) is 1.53. The van der Waals surface area contributed by atoms with Crippen LogP contribution in [-0.2, 0) is 4.74 Å². The van der Waals surface area contributed by atoms with Crippen LogP contribution in [0, 0.1) is 0 Å². The quantitative estimate of drug-likeness (QED) is 0.743. The molecule has 1 aromatic carbocycles. The maximum Gasteiger partial charge on any atom is 0.411 e. The third kappa shape index (κ3) is 4.26. The van der Waals surface area contributed by atoms with Crippen molar-refractivity contribution in [2.24, 2.45) is 0 Å². The lowest BCUT2D eigenvalue weighted by molar-refractivity contribution is 0.0951. The second-order valence-electron chi connectivity index (χ2n) is 4.31. The average Bonchev–Trinajstić information content (AvgIpc) is 3.20. The average molecular weight is 264 g/mol. The zero-order chi connectivity index (χ0) is 13.7. The molecule has 2 rings (SSSR count). The molecule has 0 saturated heterocycles. The van der Waals surface area contributed by atoms with Gasteiger partial charge in [-0.1, -0.05) is 6.07 Å². The number of anilines is 1. The maximum absolute atomic E-state index is 11.8. The van der Waals surface area contributed by atoms with Gasteiger partial charge in [0.05, 0.1) is 6.61 Å². The monoisotopic (exact) mass is 264 g/mol. The number of aliphatic hydroxyl groups excluding tert-OH is 1. The van der Waals surface area contributed by atoms with Crippen LogP contribution in [0.3, 0.4) is 0 Å². The van der Waals surface area contributed by atoms with E-state index in [1.807, 2.05) is 0 Å². The lowest BCUT2D eigenvalue weighted by atomic mass is 10.2. The van der Waals surface area contributed by atoms with Gasteiger partial charge in [0.1, 0.15) is 6.61 Å². The molecule has 1 fully saturated rings. The number of rotatable bonds is 5. The smallest absolute Gasteiger partial charge is 0.411 e. The molecule has 6 nitrogen and oxygen atoms in total. The normalized spacial score (nSPS) is 13.7. The summed E-state index contributed by atoms with van der Waals surface area (Å²) in [5, 5.41) is 13.9. The van der Waals surface area contributed by atoms with Crippen LogP contribution >= 0.6 is 0 Å². The van der Waals surface area contributed by atoms with Gasteiger partial charge in [-0.15, -0.1) is 0 Å². The predicted octanol–water partition coefficient (Wildman–Crippen LogP) is 1.12. The summed E-state index contributed by atoms with van der Waals surface area (Å²) in [6.45, 7) is -0.287. The molecule has 0 radical (unpaired) electrons. The van der Waals surface area contributed by atoms with Crippen molar-refractivity contribution < 1.29 is 19.4 Å². The van der Waals surface area contributed by atoms with Gasteiger partial charge in [0.25, 0.3) is 5.91 Å². The second-order valence-corrected chi connectivity index (χ2v) is 4.31. The van der Waals surface area contributed by atoms with Crippen molar-refractivity contribution in [3.8, 4) is 0 Å². The maximum atomic E-state index is 11.8. The van der Waals surface area contributed by atoms with Crippen LogP contribution in [0.25, 0.3) is 0 Å². The van der Waals surface area contributed by atoms with E-state index < -0.39 is 6.09 Å². The van der Waals surface area contributed by atoms with Gasteiger partial charge in [0.15, 0.2) is 0 Å². The van der Waals surface area contributed by atoms with E-state index in [4.69, 9.17) is 5.11 Å². The van der Waals surface area contributed by atoms with Gasteiger partial charge >= 0.3 is 6.09 Å². The Kier molecular flexibility index (Phi) is 4.35. The molecule has 1 aliphatic rings. The zero-order valence-electron chi connectivity index (χ0n) is 10.4. The van der Waals surface area contributed by atoms with E-state index in [2.05, 4.69) is 15.4 Å². The third-order valence-corrected chi connectivity index (χ3v) is 2.61. The van der Waals surface area contributed by atoms with Crippen LogP contribution in [0.4, 0.5) is 10.5 Å². The second kappa shape index (κ2) is 6.19. The van der Waals surface area contributed by atoms with Crippen LogP contribution in [0.2, 0.25) is 0 Å². The van der Waals surface area contributed by atoms with Crippen LogP contribution < -0.4 is 10.6 Å². The van der Waals surface area contributed by atoms with Gasteiger partial charge in [-0.05, 0) is 31.0 Å². The fraction of sp³-hybridized carbons (Fsp3) is 0.385. The highest BCUT2D eigenvalue weighted by molar-refractivity contribution is 5.96. The molecule has 0 atom stereocenters. The molecule has 1 aromatic rings. The van der Waals surface area contributed by atoms with E-state index in [0.29, 0.717) is 17.3 Å². The van der Waals surface area contributed by atoms with Gasteiger partial charge < -0.3 is 15.2 Å². The summed E-state index contributed by atoms with van der Waals surface area (Å²) in [6.07, 6.45) is 1.39. The van der Waals surface area contributed by atoms with Gasteiger partial charge in [-0.2, -0.15) is 0 Å². The number of hydrogen-bond acceptors (Lipinski definition) is 4. The van der Waals surface area contributed by atoms with E-state index >= 15 is 0 Å². The minimum atomic E-state index is -0.659. The number of amides is 2. The minimum Gasteiger partial charge on any atom is -0.447 e. The van der Waals surface area contributed by atoms with Crippen LogP contribution in [0.1, 0.15) is 23.2 Å². The number of nitrogens with one attached hydrogen (secondary N) is 2. The van der Waals surface area contributed by atoms with E-state index in [1.54, 1.807) is 24.3 Å². The fourth-order valence-corrected chi connectivity index (χ4v) is 1.53. The molecule has 1 saturated carbocycles. The molecule has 0 aliphatic heterocycles. The molecule has 0 aromatic heterocycles. The summed E-state index contributed by atoms with van der Waals surface area (Å²) in [5.74, 6) is -0.144. The number of hydrogen-bond donors (Lipinski definition) is 3. The predicted molar refractivity (Wildman–Crippen MR) is 69.0 cm³/mol. The molecule has 0 heterocycles. The Morgan fingerprint density at radius 2 is 2.16 bits per heavy atom. The molecule has 1 aliphatic carbocycles. The molecule has 19 heavy (non-hydrogen) atoms. The Morgan fingerprint density at radius 1 is 1.37 bits per heavy atom. The SMILES string of the molecule is O=C(Nc1cccc(C(=O)NC2CC2)c1)OCCO. The Morgan fingerprint density at radius 3 is 2.84 bits per heavy atom. The van der Waals surface area contributed by atoms with Gasteiger partial charge in [0, 0.05) is 17.3 Å². The van der Waals surface area contributed by atoms with Gasteiger partial charge in [0.2, 0.25) is 0 Å². The molecule has 6 heteroatoms. The molecular weight excluding hydrogens is 248 g/mol. The van der Waals surface area contributed by atoms with Crippen LogP contribution in [0.15, 0.2) is 24.3 Å². The Balaban J connectivity index is 1.93. The van der Waals surface area contributed by atoms with Crippen molar-refractivity contribution >= 4 is 17.7 Å². The standard InChI is InChI=1S/C13H16N2O4/c16-6-7-19-13(18)15-11-3-1-2-9(8-11)12(17)14-10-4-5-10/h1-3,8,10,16H,4-7H2,(H,14,17)(H,15,18). The molecule has 0 unspecified atom stereocenters. The third-order valence-electron chi connectivity index (χ3n) is 2.61. The van der Waals surface area contributed by atoms with Crippen LogP contribution in [-0.4, -0.2) is 36.4 Å². The largest absolute Gasteiger partial charge is 0.447 e. The first-order valence-corrected chi connectivity index (χ1v) is 6.14. The number of carbonyl (C=O) groups is 2. The summed E-state index contributed by atoms with van der Waals surface area (Å²) in [5.41, 5.74) is 0.971. The number of ether oxygens (including phenoxy) is 1. The first-order valence-electron chi connectivity index (χ1n) is 6.14. The first kappa shape index (κ1) is 13.4. The summed E-state index contributed by atoms with van der Waals surface area (Å²) >= 11 is 0. The molecule has 0 bridgehead atoms. The van der Waals surface area contributed by atoms with Gasteiger partial charge in [-0.25, -0.2) is 4.79 Å². The van der Waals surface area contributed by atoms with Crippen molar-refractivity contribution in [3.63, 3.8) is 0 Å². The van der Waals surface area contributed by atoms with Crippen LogP contribution in [0.5, 0.6) is 0 Å². The first-order chi connectivity index (χ1) is 9.19. The number of carbonyl (C=O) groups excluding carboxylic acids is 2. The molecular formula is C13H16N2O4. The van der Waals surface area contributed by atoms with Gasteiger partial charge in [-0.3, -0.25) is 10.1 Å². The summed E-state index contributed by atoms with van der Waals surface area (Å²) in [6, 6.07) is 6.90. The highest BCUT2D eigenvalue weighted by Gasteiger charge is 2.23. The highest BCUT2D eigenvalue weighted by atomic mass is 16.6. The van der Waals surface area contributed by atoms with E-state index in [1.165, 1.54) is 0 Å². The molecule has 3 N–H and O–H groups in total. The zero-order valence-corrected chi connectivity index (χ0v) is 10.4. The lowest BCUT2D eigenvalue weighted by Crippen LogP contribution is -2.25. The van der Waals surface area contributed by atoms with E-state index in [9.17, 15) is 9.59 Å². The van der Waals surface area contributed by atoms with E-state index in [-0.39, 0.29) is 19.1 Å².